The molecule has 0 amide bonds. The van der Waals surface area contributed by atoms with Gasteiger partial charge in [-0.3, -0.25) is 0 Å². The SMILES string of the molecule is CC(C)(C)c1cc2c3c(c1)C1(c4ccccc4)CCCCC1(C)N3c1cc(N3c4ccc(-c5ccccc5)cc4C4(C)CCCCC34C)cc3c1B2c1cccc2c4ccccc4n-3c12. The molecule has 1 aromatic heterocycles. The van der Waals surface area contributed by atoms with E-state index in [9.17, 15) is 0 Å². The van der Waals surface area contributed by atoms with Gasteiger partial charge in [0.05, 0.1) is 16.6 Å². The number of aromatic nitrogens is 1. The van der Waals surface area contributed by atoms with Gasteiger partial charge in [0.25, 0.3) is 6.71 Å². The second-order valence-corrected chi connectivity index (χ2v) is 22.5. The molecule has 8 aromatic rings. The zero-order chi connectivity index (χ0) is 43.8. The molecular weight excluding hydrogens is 786 g/mol. The molecule has 0 radical (unpaired) electrons. The molecule has 320 valence electrons. The van der Waals surface area contributed by atoms with E-state index in [0.717, 1.165) is 19.3 Å². The fourth-order valence-corrected chi connectivity index (χ4v) is 15.3. The van der Waals surface area contributed by atoms with Crippen LogP contribution in [-0.4, -0.2) is 22.4 Å². The molecule has 4 unspecified atom stereocenters. The lowest BCUT2D eigenvalue weighted by atomic mass is 9.33. The quantitative estimate of drug-likeness (QED) is 0.164. The summed E-state index contributed by atoms with van der Waals surface area (Å²) in [5, 5.41) is 2.69. The Balaban J connectivity index is 1.13. The summed E-state index contributed by atoms with van der Waals surface area (Å²) in [6, 6.07) is 57.3. The molecular formula is C61H58BN3. The third kappa shape index (κ3) is 4.55. The number of rotatable bonds is 3. The molecule has 3 nitrogen and oxygen atoms in total. The summed E-state index contributed by atoms with van der Waals surface area (Å²) in [7, 11) is 0. The highest BCUT2D eigenvalue weighted by Gasteiger charge is 2.65. The van der Waals surface area contributed by atoms with Gasteiger partial charge >= 0.3 is 0 Å². The second-order valence-electron chi connectivity index (χ2n) is 22.5. The zero-order valence-corrected chi connectivity index (χ0v) is 38.9. The fraction of sp³-hybridized carbons (Fsp3) is 0.311. The summed E-state index contributed by atoms with van der Waals surface area (Å²) < 4.78 is 2.69. The van der Waals surface area contributed by atoms with E-state index in [-0.39, 0.29) is 34.0 Å². The fourth-order valence-electron chi connectivity index (χ4n) is 15.3. The Hall–Kier alpha value is -6.00. The molecule has 4 aliphatic heterocycles. The number of nitrogens with zero attached hydrogens (tertiary/aromatic N) is 3. The average molecular weight is 844 g/mol. The highest BCUT2D eigenvalue weighted by atomic mass is 15.3. The van der Waals surface area contributed by atoms with Gasteiger partial charge in [-0.15, -0.1) is 0 Å². The Labute approximate surface area is 385 Å². The van der Waals surface area contributed by atoms with Crippen molar-refractivity contribution in [1.29, 1.82) is 0 Å². The van der Waals surface area contributed by atoms with E-state index in [4.69, 9.17) is 0 Å². The summed E-state index contributed by atoms with van der Waals surface area (Å²) in [6.45, 7) is 15.3. The minimum absolute atomic E-state index is 0.00433. The van der Waals surface area contributed by atoms with Gasteiger partial charge in [-0.2, -0.15) is 0 Å². The minimum Gasteiger partial charge on any atom is -0.335 e. The molecule has 0 spiro atoms. The first-order chi connectivity index (χ1) is 31.5. The minimum atomic E-state index is -0.181. The predicted octanol–water partition coefficient (Wildman–Crippen LogP) is 13.4. The van der Waals surface area contributed by atoms with Crippen LogP contribution < -0.4 is 26.2 Å². The number of hydrogen-bond donors (Lipinski definition) is 0. The third-order valence-corrected chi connectivity index (χ3v) is 18.5. The third-order valence-electron chi connectivity index (χ3n) is 18.5. The van der Waals surface area contributed by atoms with Gasteiger partial charge < -0.3 is 14.4 Å². The van der Waals surface area contributed by atoms with Gasteiger partial charge in [-0.1, -0.05) is 169 Å². The summed E-state index contributed by atoms with van der Waals surface area (Å²) in [6.07, 6.45) is 9.62. The van der Waals surface area contributed by atoms with Crippen molar-refractivity contribution in [3.63, 3.8) is 0 Å². The van der Waals surface area contributed by atoms with Gasteiger partial charge in [0.1, 0.15) is 0 Å². The Bertz CT molecular complexity index is 3340. The van der Waals surface area contributed by atoms with E-state index >= 15 is 0 Å². The van der Waals surface area contributed by atoms with Gasteiger partial charge in [0.15, 0.2) is 0 Å². The molecule has 2 fully saturated rings. The smallest absolute Gasteiger partial charge is 0.252 e. The highest BCUT2D eigenvalue weighted by Crippen LogP contribution is 2.66. The molecule has 0 bridgehead atoms. The summed E-state index contributed by atoms with van der Waals surface area (Å²) in [5.74, 6) is 0. The van der Waals surface area contributed by atoms with E-state index in [1.807, 2.05) is 0 Å². The summed E-state index contributed by atoms with van der Waals surface area (Å²) >= 11 is 0. The van der Waals surface area contributed by atoms with Crippen LogP contribution in [0.5, 0.6) is 0 Å². The topological polar surface area (TPSA) is 11.4 Å². The number of anilines is 4. The Morgan fingerprint density at radius 1 is 0.523 bits per heavy atom. The van der Waals surface area contributed by atoms with Crippen molar-refractivity contribution in [3.8, 4) is 16.8 Å². The van der Waals surface area contributed by atoms with Crippen molar-refractivity contribution in [2.24, 2.45) is 0 Å². The monoisotopic (exact) mass is 843 g/mol. The largest absolute Gasteiger partial charge is 0.335 e. The first-order valence-electron chi connectivity index (χ1n) is 24.7. The molecule has 2 saturated carbocycles. The highest BCUT2D eigenvalue weighted by molar-refractivity contribution is 7.00. The lowest BCUT2D eigenvalue weighted by Crippen LogP contribution is -2.64. The standard InChI is InChI=1S/C61H58BN3/c1-57(2,3)42-35-47-56-49(36-42)62-48-26-19-25-45-44-24-13-14-27-50(44)63(55(45)48)52-37-43(38-53(54(52)62)65(56)60(6)32-17-18-33-61(47,60)41-22-11-8-12-23-41)64-51-29-28-40(39-20-9-7-10-21-39)34-46(51)58(4)30-15-16-31-59(58,64)5/h7-14,19-29,34-38H,15-18,30-33H2,1-6H3. The maximum absolute atomic E-state index is 2.96. The maximum Gasteiger partial charge on any atom is 0.252 e. The van der Waals surface area contributed by atoms with Crippen molar-refractivity contribution in [1.82, 2.24) is 4.57 Å². The van der Waals surface area contributed by atoms with Gasteiger partial charge in [-0.05, 0) is 125 Å². The van der Waals surface area contributed by atoms with Gasteiger partial charge in [0, 0.05) is 55.6 Å². The van der Waals surface area contributed by atoms with Crippen molar-refractivity contribution >= 4 is 67.7 Å². The number of benzene rings is 7. The van der Waals surface area contributed by atoms with Crippen molar-refractivity contribution in [2.45, 2.75) is 120 Å². The maximum atomic E-state index is 2.96. The lowest BCUT2D eigenvalue weighted by molar-refractivity contribution is 0.195. The predicted molar refractivity (Wildman–Crippen MR) is 275 cm³/mol. The van der Waals surface area contributed by atoms with Crippen LogP contribution in [-0.2, 0) is 16.2 Å². The molecule has 7 aromatic carbocycles. The Morgan fingerprint density at radius 3 is 2.02 bits per heavy atom. The summed E-state index contributed by atoms with van der Waals surface area (Å²) in [5.41, 5.74) is 22.2. The van der Waals surface area contributed by atoms with Crippen LogP contribution >= 0.6 is 0 Å². The Kier molecular flexibility index (Phi) is 7.46. The average Bonchev–Trinajstić information content (AvgIpc) is 3.87. The van der Waals surface area contributed by atoms with Gasteiger partial charge in [-0.25, -0.2) is 0 Å². The number of para-hydroxylation sites is 2. The first-order valence-corrected chi connectivity index (χ1v) is 24.7. The molecule has 6 aliphatic rings. The van der Waals surface area contributed by atoms with E-state index in [1.165, 1.54) is 127 Å². The van der Waals surface area contributed by atoms with Crippen LogP contribution in [0.1, 0.15) is 115 Å². The molecule has 0 N–H and O–H groups in total. The van der Waals surface area contributed by atoms with Crippen LogP contribution in [0, 0.1) is 0 Å². The Morgan fingerprint density at radius 2 is 1.22 bits per heavy atom. The van der Waals surface area contributed by atoms with Crippen molar-refractivity contribution < 1.29 is 0 Å². The first kappa shape index (κ1) is 38.3. The second kappa shape index (κ2) is 12.7. The van der Waals surface area contributed by atoms with Crippen LogP contribution in [0.25, 0.3) is 38.6 Å². The van der Waals surface area contributed by atoms with E-state index < -0.39 is 0 Å². The molecule has 5 heterocycles. The molecule has 0 saturated heterocycles. The molecule has 4 heteroatoms. The zero-order valence-electron chi connectivity index (χ0n) is 38.9. The molecule has 14 rings (SSSR count). The number of fused-ring (bicyclic) bond motifs is 13. The molecule has 4 atom stereocenters. The normalized spacial score (nSPS) is 25.7. The number of hydrogen-bond acceptors (Lipinski definition) is 2. The van der Waals surface area contributed by atoms with Crippen molar-refractivity contribution in [2.75, 3.05) is 9.80 Å². The van der Waals surface area contributed by atoms with E-state index in [0.29, 0.717) is 0 Å². The molecule has 2 aliphatic carbocycles. The lowest BCUT2D eigenvalue weighted by Gasteiger charge is -2.54. The van der Waals surface area contributed by atoms with Gasteiger partial charge in [0.2, 0.25) is 0 Å². The van der Waals surface area contributed by atoms with E-state index in [1.54, 1.807) is 5.56 Å². The van der Waals surface area contributed by atoms with Crippen LogP contribution in [0.3, 0.4) is 0 Å². The molecule has 65 heavy (non-hydrogen) atoms. The van der Waals surface area contributed by atoms with Crippen LogP contribution in [0.15, 0.2) is 146 Å². The van der Waals surface area contributed by atoms with Crippen LogP contribution in [0.2, 0.25) is 0 Å². The summed E-state index contributed by atoms with van der Waals surface area (Å²) in [4.78, 5) is 5.82. The van der Waals surface area contributed by atoms with Crippen LogP contribution in [0.4, 0.5) is 22.7 Å². The van der Waals surface area contributed by atoms with E-state index in [2.05, 4.69) is 202 Å². The van der Waals surface area contributed by atoms with Crippen molar-refractivity contribution in [3.05, 3.63) is 168 Å².